The molecule has 2 saturated heterocycles. The average Bonchev–Trinajstić information content (AvgIpc) is 1.61. The Labute approximate surface area is 633 Å². The molecule has 12 atom stereocenters. The number of nitrogens with two attached hydrogens (primary N) is 1. The van der Waals surface area contributed by atoms with Crippen LogP contribution < -0.4 is 21.1 Å². The van der Waals surface area contributed by atoms with Crippen LogP contribution in [0.15, 0.2) is 59.5 Å². The van der Waals surface area contributed by atoms with Crippen LogP contribution in [0.1, 0.15) is 163 Å². The number of Topliss-reactive ketones (excluding diaryl/α,β-unsaturated/α-hetero) is 4. The number of primary amides is 1. The highest BCUT2D eigenvalue weighted by atomic mass is 32.2. The molecule has 0 spiro atoms. The monoisotopic (exact) mass is 1520 g/mol. The molecule has 1 aliphatic carbocycles. The van der Waals surface area contributed by atoms with Crippen LogP contribution in [0.2, 0.25) is 0 Å². The van der Waals surface area contributed by atoms with Crippen molar-refractivity contribution in [2.75, 3.05) is 101 Å². The van der Waals surface area contributed by atoms with E-state index < -0.39 is 87.3 Å². The highest BCUT2D eigenvalue weighted by molar-refractivity contribution is 8.00. The van der Waals surface area contributed by atoms with Crippen LogP contribution >= 0.6 is 11.8 Å². The number of hydrogen-bond acceptors (Lipinski definition) is 20. The number of nitrogens with zero attached hydrogens (tertiary/aromatic N) is 4. The molecule has 0 bridgehead atoms. The van der Waals surface area contributed by atoms with Crippen LogP contribution in [0, 0.1) is 47.3 Å². The number of imide groups is 1. The normalized spacial score (nSPS) is 18.7. The third-order valence-electron chi connectivity index (χ3n) is 21.4. The number of hydrogen-bond donors (Lipinski definition) is 4. The van der Waals surface area contributed by atoms with E-state index in [0.29, 0.717) is 49.8 Å². The largest absolute Gasteiger partial charge is 0.379 e. The molecule has 2 aliphatic heterocycles. The first kappa shape index (κ1) is 90.1. The van der Waals surface area contributed by atoms with Gasteiger partial charge in [0.2, 0.25) is 35.4 Å². The van der Waals surface area contributed by atoms with Gasteiger partial charge in [-0.15, -0.1) is 0 Å². The second kappa shape index (κ2) is 43.6. The molecule has 3 aliphatic rings. The number of urea groups is 1. The second-order valence-electron chi connectivity index (χ2n) is 30.2. The second-order valence-corrected chi connectivity index (χ2v) is 32.9. The molecule has 3 fully saturated rings. The minimum atomic E-state index is -4.55. The van der Waals surface area contributed by atoms with Crippen molar-refractivity contribution in [1.29, 1.82) is 0 Å². The summed E-state index contributed by atoms with van der Waals surface area (Å²) in [5.74, 6) is -7.04. The minimum Gasteiger partial charge on any atom is -0.379 e. The Bertz CT molecular complexity index is 3350. The van der Waals surface area contributed by atoms with Crippen molar-refractivity contribution in [2.24, 2.45) is 53.1 Å². The van der Waals surface area contributed by atoms with Crippen molar-refractivity contribution in [3.05, 3.63) is 65.7 Å². The van der Waals surface area contributed by atoms with E-state index in [2.05, 4.69) is 15.4 Å². The summed E-state index contributed by atoms with van der Waals surface area (Å²) in [5.41, 5.74) is 5.97. The number of likely N-dealkylation sites (N-methyl/N-ethyl adjacent to an activating group) is 2. The standard InChI is InChI=1S/C78H122N8O18S2/c1-16-52(8)71(84(12)75(95)60(50(4)5)45-64(89)70(51(6)7)83(10)11)66(100-13)46-68(91)85-34-21-25-62(85)72(101-14)53(9)63(88)43-55(42-54-22-18-17-19-23-54)73(93)82-106(98,99)58-28-26-56(27-29-58)78(31-32-78)48-65(90)61(24-20-33-80-77(79)97)81-74(94)59(49(2)3)44-57(87)30-36-102-38-40-104-41-39-103-37-35-86-69(92)47-67(105-15)76(86)96/h17-19,22-23,26-29,49-53,55,59-62,66-67,70-72H,16,20-21,24-25,30-48H2,1-15H3,(H,81,94)(H,82,93)(H3,79,80,97)/t52-,53-,55+,59-,60-,61-,62-,66+,67?,70-,71-,72?/m0/s1. The Kier molecular flexibility index (Phi) is 37.1. The van der Waals surface area contributed by atoms with E-state index in [1.807, 2.05) is 74.4 Å². The van der Waals surface area contributed by atoms with E-state index in [0.717, 1.165) is 0 Å². The van der Waals surface area contributed by atoms with E-state index in [1.165, 1.54) is 43.0 Å². The first-order valence-corrected chi connectivity index (χ1v) is 40.5. The SMILES string of the molecule is CC[C@H](C)[C@@H]([C@@H](CC(=O)N1CCC[C@H]1C(OC)[C@@H](C)C(=O)C[C@@H](Cc1ccccc1)C(=O)NS(=O)(=O)c1ccc(C2(CC(=O)[C@H](CCCNC(N)=O)NC(=O)[C@@H](CC(=O)CCOCCOCCOCCN3C(=O)CC(SC)C3=O)C(C)C)CC2)cc1)OC)N(C)C(=O)[C@@H](CC(=O)[C@H](C(C)C)N(C)C)C(C)C. The molecule has 28 heteroatoms. The molecule has 2 heterocycles. The third kappa shape index (κ3) is 26.4. The van der Waals surface area contributed by atoms with Crippen LogP contribution in [0.4, 0.5) is 4.79 Å². The lowest BCUT2D eigenvalue weighted by Crippen LogP contribution is -2.54. The maximum absolute atomic E-state index is 14.7. The quantitative estimate of drug-likeness (QED) is 0.0378. The lowest BCUT2D eigenvalue weighted by atomic mass is 9.83. The van der Waals surface area contributed by atoms with E-state index in [-0.39, 0.29) is 204 Å². The van der Waals surface area contributed by atoms with Crippen LogP contribution in [0.3, 0.4) is 0 Å². The highest BCUT2D eigenvalue weighted by Crippen LogP contribution is 2.51. The lowest BCUT2D eigenvalue weighted by Gasteiger charge is -2.41. The summed E-state index contributed by atoms with van der Waals surface area (Å²) in [6, 6.07) is 11.6. The molecule has 106 heavy (non-hydrogen) atoms. The van der Waals surface area contributed by atoms with Gasteiger partial charge in [0.25, 0.3) is 10.0 Å². The smallest absolute Gasteiger partial charge is 0.312 e. The number of carbonyl (C=O) groups excluding carboxylic acids is 11. The molecule has 26 nitrogen and oxygen atoms in total. The lowest BCUT2D eigenvalue weighted by molar-refractivity contribution is -0.149. The Hall–Kier alpha value is -6.53. The van der Waals surface area contributed by atoms with Crippen LogP contribution in [-0.4, -0.2) is 235 Å². The van der Waals surface area contributed by atoms with Gasteiger partial charge in [-0.05, 0) is 112 Å². The van der Waals surface area contributed by atoms with Gasteiger partial charge in [0.05, 0.1) is 99.1 Å². The Morgan fingerprint density at radius 3 is 1.91 bits per heavy atom. The van der Waals surface area contributed by atoms with E-state index in [4.69, 9.17) is 29.4 Å². The fraction of sp³-hybridized carbons (Fsp3) is 0.705. The van der Waals surface area contributed by atoms with Crippen LogP contribution in [0.5, 0.6) is 0 Å². The number of amides is 8. The summed E-state index contributed by atoms with van der Waals surface area (Å²) in [6.45, 7) is 19.1. The van der Waals surface area contributed by atoms with Gasteiger partial charge >= 0.3 is 6.03 Å². The Morgan fingerprint density at radius 1 is 0.736 bits per heavy atom. The molecule has 2 aromatic carbocycles. The van der Waals surface area contributed by atoms with Gasteiger partial charge < -0.3 is 49.9 Å². The molecule has 2 unspecified atom stereocenters. The molecular weight excluding hydrogens is 1400 g/mol. The molecule has 8 amide bonds. The van der Waals surface area contributed by atoms with Gasteiger partial charge in [0.15, 0.2) is 11.6 Å². The maximum atomic E-state index is 14.7. The van der Waals surface area contributed by atoms with Gasteiger partial charge in [-0.3, -0.25) is 57.7 Å². The zero-order chi connectivity index (χ0) is 78.8. The number of likely N-dealkylation sites (tertiary alicyclic amines) is 2. The van der Waals surface area contributed by atoms with Crippen LogP contribution in [-0.2, 0) is 93.5 Å². The first-order valence-electron chi connectivity index (χ1n) is 37.7. The Morgan fingerprint density at radius 2 is 1.36 bits per heavy atom. The zero-order valence-corrected chi connectivity index (χ0v) is 67.0. The van der Waals surface area contributed by atoms with Crippen molar-refractivity contribution in [3.8, 4) is 0 Å². The number of methoxy groups -OCH3 is 2. The predicted octanol–water partition coefficient (Wildman–Crippen LogP) is 7.13. The van der Waals surface area contributed by atoms with E-state index in [1.54, 1.807) is 72.5 Å². The molecule has 5 rings (SSSR count). The van der Waals surface area contributed by atoms with Crippen molar-refractivity contribution >= 4 is 86.4 Å². The number of ketones is 4. The third-order valence-corrected chi connectivity index (χ3v) is 23.7. The van der Waals surface area contributed by atoms with Crippen molar-refractivity contribution in [1.82, 2.24) is 35.0 Å². The number of rotatable bonds is 51. The van der Waals surface area contributed by atoms with E-state index >= 15 is 0 Å². The fourth-order valence-electron chi connectivity index (χ4n) is 14.9. The molecule has 0 aromatic heterocycles. The fourth-order valence-corrected chi connectivity index (χ4v) is 16.6. The van der Waals surface area contributed by atoms with Gasteiger partial charge in [-0.1, -0.05) is 111 Å². The number of carbonyl (C=O) groups is 11. The number of sulfonamides is 1. The number of benzene rings is 2. The van der Waals surface area contributed by atoms with Crippen molar-refractivity contribution in [3.63, 3.8) is 0 Å². The number of thioether (sulfide) groups is 1. The summed E-state index contributed by atoms with van der Waals surface area (Å²) in [7, 11) is 3.90. The summed E-state index contributed by atoms with van der Waals surface area (Å²) in [5, 5.41) is 5.08. The van der Waals surface area contributed by atoms with Crippen molar-refractivity contribution in [2.45, 2.75) is 211 Å². The number of ether oxygens (including phenoxy) is 5. The highest BCUT2D eigenvalue weighted by Gasteiger charge is 2.48. The topological polar surface area (TPSA) is 343 Å². The minimum absolute atomic E-state index is 0.00818. The van der Waals surface area contributed by atoms with Crippen LogP contribution in [0.25, 0.3) is 0 Å². The predicted molar refractivity (Wildman–Crippen MR) is 404 cm³/mol. The Balaban J connectivity index is 1.20. The van der Waals surface area contributed by atoms with Gasteiger partial charge in [0.1, 0.15) is 11.6 Å². The molecular formula is C78H122N8O18S2. The van der Waals surface area contributed by atoms with E-state index in [9.17, 15) is 61.2 Å². The molecule has 2 aromatic rings. The summed E-state index contributed by atoms with van der Waals surface area (Å²) in [6.07, 6.45) is 3.38. The molecule has 1 saturated carbocycles. The van der Waals surface area contributed by atoms with Crippen molar-refractivity contribution < 1.29 is 84.8 Å². The maximum Gasteiger partial charge on any atom is 0.312 e. The molecule has 594 valence electrons. The summed E-state index contributed by atoms with van der Waals surface area (Å²) in [4.78, 5) is 156. The first-order chi connectivity index (χ1) is 50.2. The molecule has 5 N–H and O–H groups in total. The number of nitrogens with one attached hydrogen (secondary N) is 3. The average molecular weight is 1520 g/mol. The summed E-state index contributed by atoms with van der Waals surface area (Å²) >= 11 is 1.35. The molecule has 0 radical (unpaired) electrons. The van der Waals surface area contributed by atoms with Gasteiger partial charge in [0, 0.05) is 102 Å². The van der Waals surface area contributed by atoms with Gasteiger partial charge in [-0.2, -0.15) is 11.8 Å². The van der Waals surface area contributed by atoms with Gasteiger partial charge in [-0.25, -0.2) is 17.9 Å². The zero-order valence-electron chi connectivity index (χ0n) is 65.4. The summed E-state index contributed by atoms with van der Waals surface area (Å²) < 4.78 is 59.7.